The minimum absolute atomic E-state index is 0.123. The third-order valence-corrected chi connectivity index (χ3v) is 10.2. The fourth-order valence-electron chi connectivity index (χ4n) is 7.96. The minimum atomic E-state index is -1.44. The molecular formula is C43H68N2O4. The van der Waals surface area contributed by atoms with Crippen molar-refractivity contribution < 1.29 is 19.8 Å². The van der Waals surface area contributed by atoms with Gasteiger partial charge in [0.2, 0.25) is 5.91 Å². The number of aromatic hydroxyl groups is 2. The maximum Gasteiger partial charge on any atom is 0.234 e. The van der Waals surface area contributed by atoms with Gasteiger partial charge in [0.05, 0.1) is 0 Å². The number of hydrogen-bond donors (Lipinski definition) is 4. The summed E-state index contributed by atoms with van der Waals surface area (Å²) < 4.78 is 0. The van der Waals surface area contributed by atoms with E-state index < -0.39 is 5.41 Å². The number of phenols is 2. The lowest BCUT2D eigenvalue weighted by Gasteiger charge is -2.47. The van der Waals surface area contributed by atoms with Crippen LogP contribution in [0.5, 0.6) is 11.5 Å². The van der Waals surface area contributed by atoms with Crippen LogP contribution in [0.2, 0.25) is 0 Å². The van der Waals surface area contributed by atoms with Gasteiger partial charge in [-0.3, -0.25) is 9.59 Å². The Balaban J connectivity index is 2.35. The van der Waals surface area contributed by atoms with Crippen LogP contribution in [-0.4, -0.2) is 39.0 Å². The first-order valence-electron chi connectivity index (χ1n) is 18.1. The molecule has 49 heavy (non-hydrogen) atoms. The number of nitrogens with one attached hydrogen (secondary N) is 2. The molecule has 0 unspecified atom stereocenters. The van der Waals surface area contributed by atoms with E-state index >= 15 is 4.79 Å². The van der Waals surface area contributed by atoms with Crippen molar-refractivity contribution in [2.45, 2.75) is 182 Å². The normalized spacial score (nSPS) is 17.6. The summed E-state index contributed by atoms with van der Waals surface area (Å²) in [5.41, 5.74) is 1.56. The van der Waals surface area contributed by atoms with Crippen LogP contribution in [-0.2, 0) is 44.1 Å². The van der Waals surface area contributed by atoms with Gasteiger partial charge in [0.1, 0.15) is 22.7 Å². The first-order valence-corrected chi connectivity index (χ1v) is 18.1. The second-order valence-corrected chi connectivity index (χ2v) is 20.5. The van der Waals surface area contributed by atoms with E-state index in [9.17, 15) is 15.0 Å². The molecular weight excluding hydrogens is 608 g/mol. The summed E-state index contributed by atoms with van der Waals surface area (Å²) in [6.45, 7) is 35.0. The molecule has 0 atom stereocenters. The third-order valence-electron chi connectivity index (χ3n) is 10.2. The largest absolute Gasteiger partial charge is 0.507 e. The molecule has 6 nitrogen and oxygen atoms in total. The molecule has 0 bridgehead atoms. The molecule has 0 aliphatic carbocycles. The molecule has 2 aromatic carbocycles. The summed E-state index contributed by atoms with van der Waals surface area (Å²) in [6.07, 6.45) is 1.82. The first-order chi connectivity index (χ1) is 21.8. The van der Waals surface area contributed by atoms with Gasteiger partial charge in [-0.1, -0.05) is 107 Å². The lowest BCUT2D eigenvalue weighted by Crippen LogP contribution is -2.63. The number of benzene rings is 2. The van der Waals surface area contributed by atoms with Crippen molar-refractivity contribution in [2.24, 2.45) is 5.41 Å². The maximum absolute atomic E-state index is 15.0. The van der Waals surface area contributed by atoms with E-state index in [4.69, 9.17) is 0 Å². The fraction of sp³-hybridized carbons (Fsp3) is 0.674. The van der Waals surface area contributed by atoms with E-state index in [1.807, 2.05) is 24.3 Å². The van der Waals surface area contributed by atoms with Gasteiger partial charge in [-0.05, 0) is 115 Å². The monoisotopic (exact) mass is 677 g/mol. The molecule has 2 aromatic rings. The number of Topliss-reactive ketones (excluding diaryl/α,β-unsaturated/α-hetero) is 1. The molecule has 0 radical (unpaired) electrons. The molecule has 1 amide bonds. The van der Waals surface area contributed by atoms with E-state index in [0.29, 0.717) is 0 Å². The van der Waals surface area contributed by atoms with Crippen LogP contribution in [0.3, 0.4) is 0 Å². The van der Waals surface area contributed by atoms with Crippen molar-refractivity contribution in [3.05, 3.63) is 57.6 Å². The average molecular weight is 677 g/mol. The lowest BCUT2D eigenvalue weighted by atomic mass is 9.69. The van der Waals surface area contributed by atoms with E-state index in [1.54, 1.807) is 6.92 Å². The predicted octanol–water partition coefficient (Wildman–Crippen LogP) is 9.07. The van der Waals surface area contributed by atoms with Gasteiger partial charge in [-0.2, -0.15) is 0 Å². The van der Waals surface area contributed by atoms with E-state index in [0.717, 1.165) is 46.2 Å². The number of ketones is 1. The highest BCUT2D eigenvalue weighted by atomic mass is 16.3. The van der Waals surface area contributed by atoms with Gasteiger partial charge in [-0.25, -0.2) is 0 Å². The SMILES string of the molecule is CC(=O)C(Cc1cc(C(C)(C)C)c(O)c(C(C)(C)C)c1)(Cc1cc(C(C)(C)C)c(O)c(C(C)(C)C)c1)C(=O)NC1CC(C)(C)NC(C)(C)C1. The Kier molecular flexibility index (Phi) is 10.8. The molecule has 274 valence electrons. The zero-order valence-corrected chi connectivity index (χ0v) is 33.9. The third kappa shape index (κ3) is 9.28. The smallest absolute Gasteiger partial charge is 0.234 e. The van der Waals surface area contributed by atoms with Gasteiger partial charge in [-0.15, -0.1) is 0 Å². The Morgan fingerprint density at radius 2 is 0.939 bits per heavy atom. The highest BCUT2D eigenvalue weighted by molar-refractivity contribution is 6.05. The van der Waals surface area contributed by atoms with Gasteiger partial charge in [0.25, 0.3) is 0 Å². The van der Waals surface area contributed by atoms with Crippen LogP contribution >= 0.6 is 0 Å². The number of piperidine rings is 1. The fourth-order valence-corrected chi connectivity index (χ4v) is 7.96. The van der Waals surface area contributed by atoms with E-state index in [1.165, 1.54) is 0 Å². The Bertz CT molecular complexity index is 1400. The van der Waals surface area contributed by atoms with Crippen LogP contribution in [0, 0.1) is 5.41 Å². The summed E-state index contributed by atoms with van der Waals surface area (Å²) in [6, 6.07) is 7.84. The quantitative estimate of drug-likeness (QED) is 0.219. The predicted molar refractivity (Wildman–Crippen MR) is 204 cm³/mol. The molecule has 3 rings (SSSR count). The number of carbonyl (C=O) groups is 2. The van der Waals surface area contributed by atoms with Gasteiger partial charge in [0.15, 0.2) is 0 Å². The summed E-state index contributed by atoms with van der Waals surface area (Å²) in [4.78, 5) is 29.3. The Hall–Kier alpha value is -2.86. The van der Waals surface area contributed by atoms with Crippen molar-refractivity contribution in [3.63, 3.8) is 0 Å². The topological polar surface area (TPSA) is 98.7 Å². The summed E-state index contributed by atoms with van der Waals surface area (Å²) in [7, 11) is 0. The lowest BCUT2D eigenvalue weighted by molar-refractivity contribution is -0.142. The Labute approximate surface area is 298 Å². The van der Waals surface area contributed by atoms with Gasteiger partial charge in [0, 0.05) is 17.1 Å². The van der Waals surface area contributed by atoms with Gasteiger partial charge < -0.3 is 20.8 Å². The van der Waals surface area contributed by atoms with Crippen LogP contribution in [0.15, 0.2) is 24.3 Å². The summed E-state index contributed by atoms with van der Waals surface area (Å²) >= 11 is 0. The number of hydrogen-bond acceptors (Lipinski definition) is 5. The van der Waals surface area contributed by atoms with Crippen LogP contribution < -0.4 is 10.6 Å². The number of rotatable bonds is 7. The van der Waals surface area contributed by atoms with Crippen molar-refractivity contribution in [1.82, 2.24) is 10.6 Å². The molecule has 4 N–H and O–H groups in total. The zero-order valence-electron chi connectivity index (χ0n) is 33.9. The number of phenolic OH excluding ortho intramolecular Hbond substituents is 2. The van der Waals surface area contributed by atoms with Crippen LogP contribution in [0.1, 0.15) is 164 Å². The minimum Gasteiger partial charge on any atom is -0.507 e. The molecule has 6 heteroatoms. The molecule has 1 saturated heterocycles. The van der Waals surface area contributed by atoms with Crippen molar-refractivity contribution in [2.75, 3.05) is 0 Å². The highest BCUT2D eigenvalue weighted by Gasteiger charge is 2.47. The zero-order chi connectivity index (χ0) is 37.9. The van der Waals surface area contributed by atoms with E-state index in [2.05, 4.69) is 121 Å². The number of carbonyl (C=O) groups excluding carboxylic acids is 2. The second-order valence-electron chi connectivity index (χ2n) is 20.5. The molecule has 1 aliphatic rings. The van der Waals surface area contributed by atoms with Crippen LogP contribution in [0.4, 0.5) is 0 Å². The highest BCUT2D eigenvalue weighted by Crippen LogP contribution is 2.44. The van der Waals surface area contributed by atoms with Crippen molar-refractivity contribution >= 4 is 11.7 Å². The van der Waals surface area contributed by atoms with Crippen LogP contribution in [0.25, 0.3) is 0 Å². The Morgan fingerprint density at radius 3 is 1.18 bits per heavy atom. The van der Waals surface area contributed by atoms with Crippen molar-refractivity contribution in [3.8, 4) is 11.5 Å². The second kappa shape index (κ2) is 13.0. The first kappa shape index (κ1) is 40.6. The van der Waals surface area contributed by atoms with Gasteiger partial charge >= 0.3 is 0 Å². The maximum atomic E-state index is 15.0. The van der Waals surface area contributed by atoms with E-state index in [-0.39, 0.29) is 74.8 Å². The number of amides is 1. The molecule has 1 fully saturated rings. The average Bonchev–Trinajstić information content (AvgIpc) is 2.85. The summed E-state index contributed by atoms with van der Waals surface area (Å²) in [5.74, 6) is 0.0552. The molecule has 0 spiro atoms. The molecule has 1 aliphatic heterocycles. The standard InChI is InChI=1S/C43H68N2O4/c1-26(46)43(36(49)44-29-24-41(14,15)45-42(16,17)25-29,22-27-18-30(37(2,3)4)34(47)31(19-27)38(5,6)7)23-28-20-32(39(8,9)10)35(48)33(21-28)40(11,12)13/h18-21,29,45,47-48H,22-25H2,1-17H3,(H,44,49). The molecule has 0 aromatic heterocycles. The Morgan fingerprint density at radius 1 is 0.653 bits per heavy atom. The molecule has 1 heterocycles. The molecule has 0 saturated carbocycles. The summed E-state index contributed by atoms with van der Waals surface area (Å²) in [5, 5.41) is 30.1. The van der Waals surface area contributed by atoms with Crippen molar-refractivity contribution in [1.29, 1.82) is 0 Å².